The molecule has 2 aliphatic rings. The van der Waals surface area contributed by atoms with Crippen LogP contribution in [0.3, 0.4) is 0 Å². The first-order valence-electron chi connectivity index (χ1n) is 9.53. The fourth-order valence-corrected chi connectivity index (χ4v) is 5.20. The maximum atomic E-state index is 13.1. The van der Waals surface area contributed by atoms with Crippen molar-refractivity contribution < 1.29 is 9.59 Å². The van der Waals surface area contributed by atoms with E-state index in [1.165, 1.54) is 0 Å². The van der Waals surface area contributed by atoms with Crippen molar-refractivity contribution in [2.75, 3.05) is 13.1 Å². The second-order valence-corrected chi connectivity index (χ2v) is 8.26. The zero-order chi connectivity index (χ0) is 19.1. The number of benzene rings is 1. The van der Waals surface area contributed by atoms with Crippen LogP contribution in [0.2, 0.25) is 0 Å². The Balaban J connectivity index is 1.31. The summed E-state index contributed by atoms with van der Waals surface area (Å²) in [5.74, 6) is 0.185. The summed E-state index contributed by atoms with van der Waals surface area (Å²) in [4.78, 5) is 38.2. The van der Waals surface area contributed by atoms with E-state index in [1.807, 2.05) is 40.1 Å². The topological polar surface area (TPSA) is 66.4 Å². The number of fused-ring (bicyclic) bond motifs is 2. The Labute approximate surface area is 166 Å². The van der Waals surface area contributed by atoms with E-state index in [9.17, 15) is 9.59 Å². The third-order valence-electron chi connectivity index (χ3n) is 5.81. The molecule has 3 aromatic rings. The monoisotopic (exact) mass is 392 g/mol. The van der Waals surface area contributed by atoms with Gasteiger partial charge in [0.15, 0.2) is 0 Å². The van der Waals surface area contributed by atoms with Crippen LogP contribution in [-0.4, -0.2) is 56.8 Å². The van der Waals surface area contributed by atoms with Crippen molar-refractivity contribution in [2.24, 2.45) is 0 Å². The van der Waals surface area contributed by atoms with Gasteiger partial charge in [-0.15, -0.1) is 11.3 Å². The standard InChI is InChI=1S/C21H20N4O2S/c26-20(10-14-2-1-7-22-12-14)24-8-5-18-17(24)6-9-25(18)21(27)15-3-4-16-19(11-15)28-13-23-16/h1-4,7,11-13,17-18H,5-6,8-10H2/t17-,18-/m0/s1. The Bertz CT molecular complexity index is 1040. The predicted octanol–water partition coefficient (Wildman–Crippen LogP) is 2.75. The molecular weight excluding hydrogens is 372 g/mol. The first kappa shape index (κ1) is 17.3. The van der Waals surface area contributed by atoms with Crippen LogP contribution in [0, 0.1) is 0 Å². The molecule has 7 heteroatoms. The number of carbonyl (C=O) groups is 2. The summed E-state index contributed by atoms with van der Waals surface area (Å²) in [5.41, 5.74) is 4.36. The molecule has 0 bridgehead atoms. The molecule has 2 saturated heterocycles. The minimum absolute atomic E-state index is 0.0596. The second kappa shape index (κ2) is 6.98. The van der Waals surface area contributed by atoms with Crippen LogP contribution in [0.5, 0.6) is 0 Å². The molecule has 2 atom stereocenters. The van der Waals surface area contributed by atoms with E-state index in [4.69, 9.17) is 0 Å². The molecule has 1 aromatic carbocycles. The maximum Gasteiger partial charge on any atom is 0.254 e. The van der Waals surface area contributed by atoms with E-state index in [0.717, 1.165) is 28.6 Å². The quantitative estimate of drug-likeness (QED) is 0.687. The van der Waals surface area contributed by atoms with Crippen LogP contribution in [-0.2, 0) is 11.2 Å². The van der Waals surface area contributed by atoms with Crippen LogP contribution < -0.4 is 0 Å². The summed E-state index contributed by atoms with van der Waals surface area (Å²) < 4.78 is 1.03. The van der Waals surface area contributed by atoms with Gasteiger partial charge in [0.2, 0.25) is 5.91 Å². The highest BCUT2D eigenvalue weighted by atomic mass is 32.1. The molecule has 2 aromatic heterocycles. The van der Waals surface area contributed by atoms with E-state index in [0.29, 0.717) is 25.1 Å². The van der Waals surface area contributed by atoms with Gasteiger partial charge in [0.05, 0.1) is 34.2 Å². The Morgan fingerprint density at radius 1 is 1.11 bits per heavy atom. The van der Waals surface area contributed by atoms with Gasteiger partial charge >= 0.3 is 0 Å². The number of thiazole rings is 1. The summed E-state index contributed by atoms with van der Waals surface area (Å²) >= 11 is 1.55. The average molecular weight is 392 g/mol. The van der Waals surface area contributed by atoms with Gasteiger partial charge in [0.25, 0.3) is 5.91 Å². The third-order valence-corrected chi connectivity index (χ3v) is 6.61. The highest BCUT2D eigenvalue weighted by molar-refractivity contribution is 7.16. The molecule has 2 aliphatic heterocycles. The molecule has 0 saturated carbocycles. The zero-order valence-electron chi connectivity index (χ0n) is 15.3. The highest BCUT2D eigenvalue weighted by Crippen LogP contribution is 2.33. The number of aromatic nitrogens is 2. The van der Waals surface area contributed by atoms with Crippen LogP contribution in [0.1, 0.15) is 28.8 Å². The zero-order valence-corrected chi connectivity index (χ0v) is 16.1. The van der Waals surface area contributed by atoms with Gasteiger partial charge in [0.1, 0.15) is 0 Å². The lowest BCUT2D eigenvalue weighted by Gasteiger charge is -2.26. The van der Waals surface area contributed by atoms with Crippen molar-refractivity contribution in [3.05, 3.63) is 59.4 Å². The molecule has 0 N–H and O–H groups in total. The Morgan fingerprint density at radius 2 is 1.93 bits per heavy atom. The van der Waals surface area contributed by atoms with Crippen molar-refractivity contribution >= 4 is 33.4 Å². The summed E-state index contributed by atoms with van der Waals surface area (Å²) in [5, 5.41) is 0. The van der Waals surface area contributed by atoms with Crippen LogP contribution in [0.15, 0.2) is 48.2 Å². The highest BCUT2D eigenvalue weighted by Gasteiger charge is 2.46. The van der Waals surface area contributed by atoms with E-state index >= 15 is 0 Å². The normalized spacial score (nSPS) is 21.3. The summed E-state index contributed by atoms with van der Waals surface area (Å²) in [6, 6.07) is 9.72. The number of carbonyl (C=O) groups excluding carboxylic acids is 2. The van der Waals surface area contributed by atoms with Gasteiger partial charge < -0.3 is 9.80 Å². The number of hydrogen-bond acceptors (Lipinski definition) is 5. The molecule has 2 amide bonds. The van der Waals surface area contributed by atoms with Gasteiger partial charge in [-0.2, -0.15) is 0 Å². The first-order chi connectivity index (χ1) is 13.7. The first-order valence-corrected chi connectivity index (χ1v) is 10.4. The Morgan fingerprint density at radius 3 is 2.75 bits per heavy atom. The summed E-state index contributed by atoms with van der Waals surface area (Å²) in [7, 11) is 0. The maximum absolute atomic E-state index is 13.1. The molecule has 0 unspecified atom stereocenters. The van der Waals surface area contributed by atoms with Crippen molar-refractivity contribution in [3.63, 3.8) is 0 Å². The number of rotatable bonds is 3. The Kier molecular flexibility index (Phi) is 4.31. The van der Waals surface area contributed by atoms with Gasteiger partial charge in [-0.05, 0) is 42.7 Å². The molecule has 28 heavy (non-hydrogen) atoms. The largest absolute Gasteiger partial charge is 0.337 e. The minimum atomic E-state index is 0.0596. The lowest BCUT2D eigenvalue weighted by molar-refractivity contribution is -0.131. The summed E-state index contributed by atoms with van der Waals surface area (Å²) in [6.07, 6.45) is 5.51. The number of pyridine rings is 1. The SMILES string of the molecule is O=C(Cc1cccnc1)N1CC[C@H]2[C@@H]1CCN2C(=O)c1ccc2ncsc2c1. The molecule has 5 rings (SSSR count). The fraction of sp³-hybridized carbons (Fsp3) is 0.333. The van der Waals surface area contributed by atoms with E-state index in [-0.39, 0.29) is 23.9 Å². The molecule has 0 radical (unpaired) electrons. The molecular formula is C21H20N4O2S. The van der Waals surface area contributed by atoms with Gasteiger partial charge in [-0.3, -0.25) is 14.6 Å². The molecule has 142 valence electrons. The lowest BCUT2D eigenvalue weighted by atomic mass is 10.1. The van der Waals surface area contributed by atoms with Crippen molar-refractivity contribution in [1.29, 1.82) is 0 Å². The van der Waals surface area contributed by atoms with Crippen LogP contribution in [0.25, 0.3) is 10.2 Å². The molecule has 2 fully saturated rings. The smallest absolute Gasteiger partial charge is 0.254 e. The van der Waals surface area contributed by atoms with Crippen molar-refractivity contribution in [3.8, 4) is 0 Å². The lowest BCUT2D eigenvalue weighted by Crippen LogP contribution is -2.42. The van der Waals surface area contributed by atoms with Crippen molar-refractivity contribution in [2.45, 2.75) is 31.3 Å². The van der Waals surface area contributed by atoms with Crippen LogP contribution in [0.4, 0.5) is 0 Å². The third kappa shape index (κ3) is 2.96. The van der Waals surface area contributed by atoms with Gasteiger partial charge in [0, 0.05) is 31.0 Å². The minimum Gasteiger partial charge on any atom is -0.337 e. The summed E-state index contributed by atoms with van der Waals surface area (Å²) in [6.45, 7) is 1.41. The van der Waals surface area contributed by atoms with Gasteiger partial charge in [-0.1, -0.05) is 6.07 Å². The van der Waals surface area contributed by atoms with Crippen molar-refractivity contribution in [1.82, 2.24) is 19.8 Å². The number of likely N-dealkylation sites (tertiary alicyclic amines) is 2. The molecule has 6 nitrogen and oxygen atoms in total. The van der Waals surface area contributed by atoms with E-state index in [2.05, 4.69) is 9.97 Å². The number of hydrogen-bond donors (Lipinski definition) is 0. The fourth-order valence-electron chi connectivity index (χ4n) is 4.48. The molecule has 4 heterocycles. The van der Waals surface area contributed by atoms with Gasteiger partial charge in [-0.25, -0.2) is 4.98 Å². The van der Waals surface area contributed by atoms with E-state index in [1.54, 1.807) is 29.2 Å². The predicted molar refractivity (Wildman–Crippen MR) is 107 cm³/mol. The second-order valence-electron chi connectivity index (χ2n) is 7.37. The average Bonchev–Trinajstić information content (AvgIpc) is 3.43. The van der Waals surface area contributed by atoms with E-state index < -0.39 is 0 Å². The van der Waals surface area contributed by atoms with Crippen LogP contribution >= 0.6 is 11.3 Å². The Hall–Kier alpha value is -2.80. The number of nitrogens with zero attached hydrogens (tertiary/aromatic N) is 4. The molecule has 0 aliphatic carbocycles. The molecule has 0 spiro atoms. The number of amides is 2.